The number of nitrogens with zero attached hydrogens (tertiary/aromatic N) is 3. The van der Waals surface area contributed by atoms with Crippen LogP contribution in [0.25, 0.3) is 0 Å². The summed E-state index contributed by atoms with van der Waals surface area (Å²) in [5.41, 5.74) is 0.909. The number of hydrogen-bond donors (Lipinski definition) is 1. The summed E-state index contributed by atoms with van der Waals surface area (Å²) in [6.07, 6.45) is 3.41. The van der Waals surface area contributed by atoms with Crippen molar-refractivity contribution in [1.29, 1.82) is 0 Å². The summed E-state index contributed by atoms with van der Waals surface area (Å²) in [7, 11) is 0. The number of carbonyl (C=O) groups is 1. The van der Waals surface area contributed by atoms with E-state index in [4.69, 9.17) is 0 Å². The van der Waals surface area contributed by atoms with Gasteiger partial charge in [0.25, 0.3) is 5.91 Å². The van der Waals surface area contributed by atoms with Crippen LogP contribution in [0, 0.1) is 6.92 Å². The normalized spacial score (nSPS) is 12.4. The second-order valence-electron chi connectivity index (χ2n) is 3.45. The molecule has 0 radical (unpaired) electrons. The van der Waals surface area contributed by atoms with Crippen LogP contribution in [0.3, 0.4) is 0 Å². The maximum atomic E-state index is 11.8. The molecule has 1 unspecified atom stereocenters. The second kappa shape index (κ2) is 4.44. The molecule has 0 bridgehead atoms. The number of amides is 1. The molecule has 0 saturated heterocycles. The zero-order chi connectivity index (χ0) is 11.5. The van der Waals surface area contributed by atoms with E-state index in [0.717, 1.165) is 5.69 Å². The molecule has 0 aliphatic rings. The first-order valence-corrected chi connectivity index (χ1v) is 5.77. The first-order valence-electron chi connectivity index (χ1n) is 4.89. The molecule has 16 heavy (non-hydrogen) atoms. The quantitative estimate of drug-likeness (QED) is 0.884. The van der Waals surface area contributed by atoms with Crippen molar-refractivity contribution < 1.29 is 4.79 Å². The number of hydrogen-bond acceptors (Lipinski definition) is 4. The van der Waals surface area contributed by atoms with Crippen LogP contribution in [0.15, 0.2) is 23.8 Å². The monoisotopic (exact) mass is 236 g/mol. The Hall–Kier alpha value is -1.69. The maximum absolute atomic E-state index is 11.8. The fourth-order valence-electron chi connectivity index (χ4n) is 1.25. The van der Waals surface area contributed by atoms with Crippen LogP contribution < -0.4 is 5.32 Å². The third-order valence-electron chi connectivity index (χ3n) is 2.15. The molecule has 2 aromatic rings. The zero-order valence-electron chi connectivity index (χ0n) is 9.04. The predicted octanol–water partition coefficient (Wildman–Crippen LogP) is 1.85. The lowest BCUT2D eigenvalue weighted by molar-refractivity contribution is -0.119. The van der Waals surface area contributed by atoms with Gasteiger partial charge in [-0.25, -0.2) is 4.98 Å². The van der Waals surface area contributed by atoms with Crippen molar-refractivity contribution in [3.8, 4) is 0 Å². The summed E-state index contributed by atoms with van der Waals surface area (Å²) < 4.78 is 1.61. The van der Waals surface area contributed by atoms with E-state index in [9.17, 15) is 4.79 Å². The molecule has 0 spiro atoms. The molecule has 5 nitrogen and oxygen atoms in total. The van der Waals surface area contributed by atoms with E-state index in [2.05, 4.69) is 15.4 Å². The number of nitrogens with one attached hydrogen (secondary N) is 1. The molecule has 0 aliphatic carbocycles. The van der Waals surface area contributed by atoms with Crippen molar-refractivity contribution in [2.24, 2.45) is 0 Å². The van der Waals surface area contributed by atoms with Gasteiger partial charge in [-0.3, -0.25) is 9.48 Å². The van der Waals surface area contributed by atoms with Gasteiger partial charge in [0.1, 0.15) is 6.04 Å². The van der Waals surface area contributed by atoms with Crippen LogP contribution in [0.4, 0.5) is 5.13 Å². The first-order chi connectivity index (χ1) is 7.66. The Balaban J connectivity index is 2.03. The summed E-state index contributed by atoms with van der Waals surface area (Å²) in [6, 6.07) is 1.45. The number of rotatable bonds is 3. The molecule has 2 rings (SSSR count). The number of carbonyl (C=O) groups excluding carboxylic acids is 1. The molecule has 1 N–H and O–H groups in total. The second-order valence-corrected chi connectivity index (χ2v) is 4.30. The van der Waals surface area contributed by atoms with Gasteiger partial charge < -0.3 is 5.32 Å². The van der Waals surface area contributed by atoms with Gasteiger partial charge in [-0.2, -0.15) is 5.10 Å². The van der Waals surface area contributed by atoms with Gasteiger partial charge in [0.2, 0.25) is 0 Å². The summed E-state index contributed by atoms with van der Waals surface area (Å²) in [5, 5.41) is 9.30. The van der Waals surface area contributed by atoms with Crippen LogP contribution in [-0.4, -0.2) is 20.7 Å². The minimum absolute atomic E-state index is 0.113. The average molecular weight is 236 g/mol. The van der Waals surface area contributed by atoms with E-state index in [1.807, 2.05) is 12.3 Å². The molecule has 1 amide bonds. The van der Waals surface area contributed by atoms with Crippen LogP contribution in [0.5, 0.6) is 0 Å². The van der Waals surface area contributed by atoms with Gasteiger partial charge in [0, 0.05) is 17.8 Å². The summed E-state index contributed by atoms with van der Waals surface area (Å²) in [4.78, 5) is 16.0. The van der Waals surface area contributed by atoms with E-state index in [0.29, 0.717) is 5.13 Å². The molecule has 2 aromatic heterocycles. The highest BCUT2D eigenvalue weighted by Crippen LogP contribution is 2.16. The molecule has 0 aromatic carbocycles. The van der Waals surface area contributed by atoms with E-state index in [-0.39, 0.29) is 11.9 Å². The van der Waals surface area contributed by atoms with Crippen LogP contribution >= 0.6 is 11.3 Å². The van der Waals surface area contributed by atoms with Crippen molar-refractivity contribution >= 4 is 22.4 Å². The topological polar surface area (TPSA) is 59.8 Å². The summed E-state index contributed by atoms with van der Waals surface area (Å²) in [5.74, 6) is -0.113. The van der Waals surface area contributed by atoms with Crippen LogP contribution in [0.1, 0.15) is 18.7 Å². The highest BCUT2D eigenvalue weighted by atomic mass is 32.1. The fourth-order valence-corrected chi connectivity index (χ4v) is 1.94. The van der Waals surface area contributed by atoms with E-state index < -0.39 is 0 Å². The number of aryl methyl sites for hydroxylation is 1. The highest BCUT2D eigenvalue weighted by Gasteiger charge is 2.15. The Morgan fingerprint density at radius 3 is 3.00 bits per heavy atom. The lowest BCUT2D eigenvalue weighted by Gasteiger charge is -2.10. The Kier molecular flexibility index (Phi) is 3.00. The van der Waals surface area contributed by atoms with E-state index in [1.165, 1.54) is 11.3 Å². The van der Waals surface area contributed by atoms with Gasteiger partial charge >= 0.3 is 0 Å². The minimum Gasteiger partial charge on any atom is -0.300 e. The highest BCUT2D eigenvalue weighted by molar-refractivity contribution is 7.13. The maximum Gasteiger partial charge on any atom is 0.250 e. The van der Waals surface area contributed by atoms with Gasteiger partial charge in [-0.05, 0) is 19.9 Å². The Labute approximate surface area is 97.1 Å². The fraction of sp³-hybridized carbons (Fsp3) is 0.300. The first kappa shape index (κ1) is 10.8. The number of thiazole rings is 1. The Morgan fingerprint density at radius 1 is 1.62 bits per heavy atom. The van der Waals surface area contributed by atoms with Gasteiger partial charge in [-0.1, -0.05) is 0 Å². The van der Waals surface area contributed by atoms with E-state index >= 15 is 0 Å². The molecule has 0 fully saturated rings. The number of aromatic nitrogens is 3. The van der Waals surface area contributed by atoms with Crippen molar-refractivity contribution in [3.63, 3.8) is 0 Å². The van der Waals surface area contributed by atoms with Crippen LogP contribution in [0.2, 0.25) is 0 Å². The molecule has 6 heteroatoms. The third-order valence-corrected chi connectivity index (χ3v) is 3.03. The summed E-state index contributed by atoms with van der Waals surface area (Å²) in [6.45, 7) is 3.69. The minimum atomic E-state index is -0.334. The Morgan fingerprint density at radius 2 is 2.44 bits per heavy atom. The Bertz CT molecular complexity index is 477. The number of anilines is 1. The largest absolute Gasteiger partial charge is 0.300 e. The summed E-state index contributed by atoms with van der Waals surface area (Å²) >= 11 is 1.42. The molecule has 0 saturated carbocycles. The smallest absolute Gasteiger partial charge is 0.250 e. The molecule has 84 valence electrons. The van der Waals surface area contributed by atoms with Gasteiger partial charge in [-0.15, -0.1) is 11.3 Å². The zero-order valence-corrected chi connectivity index (χ0v) is 9.86. The molecule has 0 aliphatic heterocycles. The van der Waals surface area contributed by atoms with Crippen molar-refractivity contribution in [3.05, 3.63) is 29.5 Å². The predicted molar refractivity (Wildman–Crippen MR) is 62.4 cm³/mol. The molecular weight excluding hydrogens is 224 g/mol. The van der Waals surface area contributed by atoms with Gasteiger partial charge in [0.05, 0.1) is 5.69 Å². The standard InChI is InChI=1S/C10H12N4OS/c1-7-6-16-10(12-7)13-9(15)8(2)14-5-3-4-11-14/h3-6,8H,1-2H3,(H,12,13,15). The third kappa shape index (κ3) is 2.27. The average Bonchev–Trinajstić information content (AvgIpc) is 2.88. The molecule has 2 heterocycles. The molecular formula is C10H12N4OS. The van der Waals surface area contributed by atoms with Crippen molar-refractivity contribution in [2.45, 2.75) is 19.9 Å². The molecule has 1 atom stereocenters. The van der Waals surface area contributed by atoms with Gasteiger partial charge in [0.15, 0.2) is 5.13 Å². The van der Waals surface area contributed by atoms with Crippen molar-refractivity contribution in [2.75, 3.05) is 5.32 Å². The van der Waals surface area contributed by atoms with E-state index in [1.54, 1.807) is 30.1 Å². The lowest BCUT2D eigenvalue weighted by atomic mass is 10.3. The lowest BCUT2D eigenvalue weighted by Crippen LogP contribution is -2.23. The van der Waals surface area contributed by atoms with Crippen LogP contribution in [-0.2, 0) is 4.79 Å². The SMILES string of the molecule is Cc1csc(NC(=O)C(C)n2cccn2)n1. The van der Waals surface area contributed by atoms with Crippen molar-refractivity contribution in [1.82, 2.24) is 14.8 Å².